The maximum absolute atomic E-state index is 13.0. The summed E-state index contributed by atoms with van der Waals surface area (Å²) in [5.74, 6) is 0.409. The summed E-state index contributed by atoms with van der Waals surface area (Å²) >= 11 is 1.40. The first-order valence-electron chi connectivity index (χ1n) is 10.9. The van der Waals surface area contributed by atoms with Crippen molar-refractivity contribution >= 4 is 34.6 Å². The predicted octanol–water partition coefficient (Wildman–Crippen LogP) is 6.59. The molecule has 1 saturated heterocycles. The van der Waals surface area contributed by atoms with E-state index < -0.39 is 0 Å². The monoisotopic (exact) mass is 460 g/mol. The highest BCUT2D eigenvalue weighted by atomic mass is 32.2. The van der Waals surface area contributed by atoms with Crippen molar-refractivity contribution in [3.8, 4) is 5.75 Å². The molecule has 0 bridgehead atoms. The number of para-hydroxylation sites is 1. The van der Waals surface area contributed by atoms with E-state index in [1.165, 1.54) is 23.9 Å². The second-order valence-electron chi connectivity index (χ2n) is 7.52. The molecule has 6 heteroatoms. The van der Waals surface area contributed by atoms with Gasteiger partial charge < -0.3 is 4.74 Å². The molecule has 3 aromatic carbocycles. The fraction of sp³-hybridized carbons (Fsp3) is 0.185. The van der Waals surface area contributed by atoms with Gasteiger partial charge in [-0.3, -0.25) is 9.69 Å². The van der Waals surface area contributed by atoms with Crippen LogP contribution in [-0.2, 0) is 17.8 Å². The fourth-order valence-electron chi connectivity index (χ4n) is 3.45. The number of ether oxygens (including phenoxy) is 1. The molecule has 0 spiro atoms. The van der Waals surface area contributed by atoms with Gasteiger partial charge in [0.2, 0.25) is 0 Å². The van der Waals surface area contributed by atoms with Crippen molar-refractivity contribution < 1.29 is 13.9 Å². The summed E-state index contributed by atoms with van der Waals surface area (Å²) in [4.78, 5) is 20.1. The van der Waals surface area contributed by atoms with Crippen molar-refractivity contribution in [2.24, 2.45) is 4.99 Å². The van der Waals surface area contributed by atoms with E-state index in [4.69, 9.17) is 9.73 Å². The predicted molar refractivity (Wildman–Crippen MR) is 133 cm³/mol. The Morgan fingerprint density at radius 1 is 1.00 bits per heavy atom. The van der Waals surface area contributed by atoms with E-state index in [-0.39, 0.29) is 11.7 Å². The van der Waals surface area contributed by atoms with Crippen molar-refractivity contribution in [3.63, 3.8) is 0 Å². The lowest BCUT2D eigenvalue weighted by Gasteiger charge is -2.12. The third-order valence-corrected chi connectivity index (χ3v) is 6.30. The number of carbonyl (C=O) groups is 1. The van der Waals surface area contributed by atoms with Crippen LogP contribution in [-0.4, -0.2) is 22.5 Å². The summed E-state index contributed by atoms with van der Waals surface area (Å²) in [6.45, 7) is 4.98. The maximum atomic E-state index is 13.0. The molecule has 0 radical (unpaired) electrons. The highest BCUT2D eigenvalue weighted by molar-refractivity contribution is 8.18. The number of halogens is 1. The molecule has 1 heterocycles. The second-order valence-corrected chi connectivity index (χ2v) is 8.53. The van der Waals surface area contributed by atoms with Crippen LogP contribution in [0.2, 0.25) is 0 Å². The van der Waals surface area contributed by atoms with Crippen molar-refractivity contribution in [3.05, 3.63) is 100 Å². The Balaban J connectivity index is 1.48. The molecule has 1 aliphatic heterocycles. The molecule has 4 rings (SSSR count). The van der Waals surface area contributed by atoms with Gasteiger partial charge in [-0.1, -0.05) is 49.4 Å². The molecule has 0 aromatic heterocycles. The first-order chi connectivity index (χ1) is 16.1. The van der Waals surface area contributed by atoms with Crippen LogP contribution >= 0.6 is 11.8 Å². The number of amides is 1. The number of amidine groups is 1. The number of hydrogen-bond donors (Lipinski definition) is 0. The van der Waals surface area contributed by atoms with Crippen LogP contribution in [0.4, 0.5) is 10.1 Å². The average molecular weight is 461 g/mol. The van der Waals surface area contributed by atoms with Gasteiger partial charge in [0.15, 0.2) is 5.17 Å². The zero-order valence-electron chi connectivity index (χ0n) is 18.6. The molecule has 4 nitrogen and oxygen atoms in total. The molecular weight excluding hydrogens is 435 g/mol. The summed E-state index contributed by atoms with van der Waals surface area (Å²) < 4.78 is 18.8. The quantitative estimate of drug-likeness (QED) is 0.374. The summed E-state index contributed by atoms with van der Waals surface area (Å²) in [6, 6.07) is 21.8. The summed E-state index contributed by atoms with van der Waals surface area (Å²) in [5.41, 5.74) is 3.86. The van der Waals surface area contributed by atoms with Crippen LogP contribution in [0.25, 0.3) is 6.08 Å². The molecule has 168 valence electrons. The smallest absolute Gasteiger partial charge is 0.266 e. The highest BCUT2D eigenvalue weighted by Crippen LogP contribution is 2.35. The van der Waals surface area contributed by atoms with Gasteiger partial charge in [0.25, 0.3) is 5.91 Å². The van der Waals surface area contributed by atoms with Crippen LogP contribution < -0.4 is 4.74 Å². The molecule has 1 fully saturated rings. The second kappa shape index (κ2) is 10.5. The van der Waals surface area contributed by atoms with Crippen LogP contribution in [0.5, 0.6) is 5.75 Å². The Kier molecular flexibility index (Phi) is 7.25. The molecule has 1 amide bonds. The fourth-order valence-corrected chi connectivity index (χ4v) is 4.51. The number of rotatable bonds is 7. The lowest BCUT2D eigenvalue weighted by atomic mass is 10.1. The first kappa shape index (κ1) is 22.8. The van der Waals surface area contributed by atoms with Crippen molar-refractivity contribution in [2.45, 2.75) is 26.9 Å². The molecule has 0 unspecified atom stereocenters. The first-order valence-corrected chi connectivity index (χ1v) is 11.7. The van der Waals surface area contributed by atoms with Crippen LogP contribution in [0.1, 0.15) is 30.5 Å². The molecule has 3 aromatic rings. The van der Waals surface area contributed by atoms with Gasteiger partial charge in [-0.25, -0.2) is 9.38 Å². The maximum Gasteiger partial charge on any atom is 0.266 e. The van der Waals surface area contributed by atoms with E-state index in [1.54, 1.807) is 17.0 Å². The lowest BCUT2D eigenvalue weighted by molar-refractivity contribution is -0.122. The number of likely N-dealkylation sites (N-methyl/N-ethyl adjacent to an activating group) is 1. The number of benzene rings is 3. The molecule has 0 atom stereocenters. The number of carbonyl (C=O) groups excluding carboxylic acids is 1. The van der Waals surface area contributed by atoms with E-state index in [0.717, 1.165) is 28.8 Å². The minimum Gasteiger partial charge on any atom is -0.489 e. The van der Waals surface area contributed by atoms with Gasteiger partial charge >= 0.3 is 0 Å². The zero-order chi connectivity index (χ0) is 23.2. The minimum absolute atomic E-state index is 0.0353. The third-order valence-electron chi connectivity index (χ3n) is 5.29. The van der Waals surface area contributed by atoms with Crippen molar-refractivity contribution in [1.82, 2.24) is 4.90 Å². The molecule has 0 N–H and O–H groups in total. The van der Waals surface area contributed by atoms with E-state index in [0.29, 0.717) is 29.0 Å². The Labute approximate surface area is 197 Å². The molecule has 33 heavy (non-hydrogen) atoms. The van der Waals surface area contributed by atoms with Crippen LogP contribution in [0, 0.1) is 5.82 Å². The van der Waals surface area contributed by atoms with Gasteiger partial charge in [-0.05, 0) is 78.2 Å². The highest BCUT2D eigenvalue weighted by Gasteiger charge is 2.32. The van der Waals surface area contributed by atoms with E-state index in [2.05, 4.69) is 13.0 Å². The molecule has 0 aliphatic carbocycles. The van der Waals surface area contributed by atoms with E-state index >= 15 is 0 Å². The van der Waals surface area contributed by atoms with Gasteiger partial charge in [-0.15, -0.1) is 0 Å². The summed E-state index contributed by atoms with van der Waals surface area (Å²) in [7, 11) is 0. The standard InChI is InChI=1S/C27H25FN2O2S/c1-3-21-7-5-6-8-24(21)29-27-30(4-2)26(31)25(33-27)17-19-11-15-23(16-12-19)32-18-20-9-13-22(28)14-10-20/h5-17H,3-4,18H2,1-2H3/b25-17+,29-27?. The van der Waals surface area contributed by atoms with Gasteiger partial charge in [-0.2, -0.15) is 0 Å². The number of thioether (sulfide) groups is 1. The summed E-state index contributed by atoms with van der Waals surface area (Å²) in [6.07, 6.45) is 2.77. The number of aliphatic imine (C=N–C) groups is 1. The van der Waals surface area contributed by atoms with Crippen LogP contribution in [0.15, 0.2) is 82.7 Å². The van der Waals surface area contributed by atoms with E-state index in [9.17, 15) is 9.18 Å². The van der Waals surface area contributed by atoms with E-state index in [1.807, 2.05) is 55.5 Å². The summed E-state index contributed by atoms with van der Waals surface area (Å²) in [5, 5.41) is 0.703. The normalized spacial score (nSPS) is 16.1. The number of nitrogens with zero attached hydrogens (tertiary/aromatic N) is 2. The molecule has 1 aliphatic rings. The minimum atomic E-state index is -0.264. The molecular formula is C27H25FN2O2S. The van der Waals surface area contributed by atoms with Crippen molar-refractivity contribution in [1.29, 1.82) is 0 Å². The van der Waals surface area contributed by atoms with Gasteiger partial charge in [0.1, 0.15) is 18.2 Å². The van der Waals surface area contributed by atoms with Gasteiger partial charge in [0, 0.05) is 6.54 Å². The Morgan fingerprint density at radius 2 is 1.73 bits per heavy atom. The average Bonchev–Trinajstić information content (AvgIpc) is 3.13. The molecule has 0 saturated carbocycles. The zero-order valence-corrected chi connectivity index (χ0v) is 19.4. The SMILES string of the molecule is CCc1ccccc1N=C1S/C(=C/c2ccc(OCc3ccc(F)cc3)cc2)C(=O)N1CC. The topological polar surface area (TPSA) is 41.9 Å². The van der Waals surface area contributed by atoms with Gasteiger partial charge in [0.05, 0.1) is 10.6 Å². The Bertz CT molecular complexity index is 1190. The third kappa shape index (κ3) is 5.52. The lowest BCUT2D eigenvalue weighted by Crippen LogP contribution is -2.28. The van der Waals surface area contributed by atoms with Crippen molar-refractivity contribution in [2.75, 3.05) is 6.54 Å². The number of hydrogen-bond acceptors (Lipinski definition) is 4. The Morgan fingerprint density at radius 3 is 2.42 bits per heavy atom. The number of aryl methyl sites for hydroxylation is 1. The Hall–Kier alpha value is -3.38. The largest absolute Gasteiger partial charge is 0.489 e. The van der Waals surface area contributed by atoms with Crippen LogP contribution in [0.3, 0.4) is 0 Å².